The lowest BCUT2D eigenvalue weighted by Crippen LogP contribution is -2.29. The zero-order valence-electron chi connectivity index (χ0n) is 13.2. The normalized spacial score (nSPS) is 14.9. The molecule has 1 fully saturated rings. The van der Waals surface area contributed by atoms with Gasteiger partial charge < -0.3 is 14.9 Å². The van der Waals surface area contributed by atoms with Gasteiger partial charge in [-0.25, -0.2) is 9.59 Å². The van der Waals surface area contributed by atoms with E-state index in [1.165, 1.54) is 38.8 Å². The van der Waals surface area contributed by atoms with Gasteiger partial charge in [-0.15, -0.1) is 0 Å². The molecule has 0 spiro atoms. The van der Waals surface area contributed by atoms with Crippen LogP contribution in [-0.4, -0.2) is 53.3 Å². The average molecular weight is 423 g/mol. The minimum atomic E-state index is -1.82. The van der Waals surface area contributed by atoms with Crippen LogP contribution in [0.5, 0.6) is 5.75 Å². The number of carbonyl (C=O) groups is 2. The molecule has 1 aliphatic rings. The average Bonchev–Trinajstić information content (AvgIpc) is 2.79. The van der Waals surface area contributed by atoms with E-state index in [4.69, 9.17) is 36.1 Å². The van der Waals surface area contributed by atoms with Crippen LogP contribution in [0.1, 0.15) is 25.7 Å². The smallest absolute Gasteiger partial charge is 0.414 e. The largest absolute Gasteiger partial charge is 0.491 e. The number of carboxylic acids is 2. The number of hydrogen-bond acceptors (Lipinski definition) is 4. The quantitative estimate of drug-likeness (QED) is 0.722. The van der Waals surface area contributed by atoms with Crippen molar-refractivity contribution in [2.45, 2.75) is 25.7 Å². The summed E-state index contributed by atoms with van der Waals surface area (Å²) in [6.45, 7) is 4.17. The molecule has 1 saturated heterocycles. The minimum absolute atomic E-state index is 0.724. The van der Waals surface area contributed by atoms with E-state index in [2.05, 4.69) is 20.8 Å². The lowest BCUT2D eigenvalue weighted by atomic mass is 10.2. The van der Waals surface area contributed by atoms with Crippen LogP contribution >= 0.6 is 27.5 Å². The molecule has 1 heterocycles. The maximum Gasteiger partial charge on any atom is 0.414 e. The van der Waals surface area contributed by atoms with Crippen LogP contribution in [0.2, 0.25) is 5.02 Å². The molecule has 134 valence electrons. The molecule has 0 bridgehead atoms. The molecule has 0 amide bonds. The Balaban J connectivity index is 0.000000413. The van der Waals surface area contributed by atoms with Crippen LogP contribution in [0, 0.1) is 0 Å². The molecular formula is C16H21BrClNO5. The summed E-state index contributed by atoms with van der Waals surface area (Å²) in [7, 11) is 0. The lowest BCUT2D eigenvalue weighted by Gasteiger charge is -2.19. The first-order valence-electron chi connectivity index (χ1n) is 7.66. The summed E-state index contributed by atoms with van der Waals surface area (Å²) in [5.41, 5.74) is 0. The number of ether oxygens (including phenoxy) is 1. The predicted molar refractivity (Wildman–Crippen MR) is 94.8 cm³/mol. The third kappa shape index (κ3) is 8.52. The van der Waals surface area contributed by atoms with Gasteiger partial charge in [0.15, 0.2) is 0 Å². The second kappa shape index (κ2) is 11.3. The molecular weight excluding hydrogens is 402 g/mol. The predicted octanol–water partition coefficient (Wildman–Crippen LogP) is 3.51. The summed E-state index contributed by atoms with van der Waals surface area (Å²) < 4.78 is 6.71. The van der Waals surface area contributed by atoms with Gasteiger partial charge in [-0.1, -0.05) is 24.4 Å². The molecule has 0 radical (unpaired) electrons. The maximum atomic E-state index is 9.10. The van der Waals surface area contributed by atoms with Crippen molar-refractivity contribution in [1.82, 2.24) is 4.90 Å². The van der Waals surface area contributed by atoms with E-state index < -0.39 is 11.9 Å². The van der Waals surface area contributed by atoms with Gasteiger partial charge in [0.05, 0.1) is 4.47 Å². The molecule has 8 heteroatoms. The van der Waals surface area contributed by atoms with Gasteiger partial charge in [0.2, 0.25) is 0 Å². The lowest BCUT2D eigenvalue weighted by molar-refractivity contribution is -0.159. The Kier molecular flexibility index (Phi) is 9.75. The SMILES string of the molecule is Clc1ccc(OCCN2CCCCCC2)c(Br)c1.O=C(O)C(=O)O. The van der Waals surface area contributed by atoms with E-state index >= 15 is 0 Å². The summed E-state index contributed by atoms with van der Waals surface area (Å²) >= 11 is 9.36. The topological polar surface area (TPSA) is 87.1 Å². The Morgan fingerprint density at radius 1 is 1.12 bits per heavy atom. The first-order valence-corrected chi connectivity index (χ1v) is 8.83. The Morgan fingerprint density at radius 3 is 2.21 bits per heavy atom. The number of rotatable bonds is 4. The summed E-state index contributed by atoms with van der Waals surface area (Å²) in [6.07, 6.45) is 5.40. The number of likely N-dealkylation sites (tertiary alicyclic amines) is 1. The van der Waals surface area contributed by atoms with E-state index in [-0.39, 0.29) is 0 Å². The highest BCUT2D eigenvalue weighted by molar-refractivity contribution is 9.10. The first kappa shape index (κ1) is 20.7. The fourth-order valence-electron chi connectivity index (χ4n) is 2.24. The Labute approximate surface area is 154 Å². The van der Waals surface area contributed by atoms with Crippen LogP contribution in [-0.2, 0) is 9.59 Å². The second-order valence-corrected chi connectivity index (χ2v) is 6.58. The third-order valence-corrected chi connectivity index (χ3v) is 4.30. The molecule has 2 N–H and O–H groups in total. The Bertz CT molecular complexity index is 535. The standard InChI is InChI=1S/C14H19BrClNO.C2H2O4/c15-13-11-12(16)5-6-14(13)18-10-9-17-7-3-1-2-4-8-17;3-1(4)2(5)6/h5-6,11H,1-4,7-10H2;(H,3,4)(H,5,6). The van der Waals surface area contributed by atoms with Gasteiger partial charge in [-0.3, -0.25) is 4.90 Å². The number of benzene rings is 1. The van der Waals surface area contributed by atoms with Crippen LogP contribution in [0.25, 0.3) is 0 Å². The van der Waals surface area contributed by atoms with E-state index in [0.717, 1.165) is 28.4 Å². The molecule has 0 aromatic heterocycles. The summed E-state index contributed by atoms with van der Waals surface area (Å²) in [4.78, 5) is 20.7. The second-order valence-electron chi connectivity index (χ2n) is 5.29. The van der Waals surface area contributed by atoms with Crippen molar-refractivity contribution < 1.29 is 24.5 Å². The van der Waals surface area contributed by atoms with Crippen LogP contribution in [0.4, 0.5) is 0 Å². The molecule has 0 atom stereocenters. The van der Waals surface area contributed by atoms with Gasteiger partial charge in [-0.05, 0) is 60.1 Å². The first-order chi connectivity index (χ1) is 11.4. The van der Waals surface area contributed by atoms with Crippen molar-refractivity contribution in [3.05, 3.63) is 27.7 Å². The van der Waals surface area contributed by atoms with Crippen molar-refractivity contribution in [3.8, 4) is 5.75 Å². The molecule has 6 nitrogen and oxygen atoms in total. The van der Waals surface area contributed by atoms with E-state index in [9.17, 15) is 0 Å². The summed E-state index contributed by atoms with van der Waals surface area (Å²) in [6, 6.07) is 5.63. The van der Waals surface area contributed by atoms with E-state index in [1.54, 1.807) is 0 Å². The fourth-order valence-corrected chi connectivity index (χ4v) is 3.03. The fraction of sp³-hybridized carbons (Fsp3) is 0.500. The molecule has 0 saturated carbocycles. The molecule has 1 aromatic rings. The minimum Gasteiger partial charge on any atom is -0.491 e. The van der Waals surface area contributed by atoms with Crippen LogP contribution < -0.4 is 4.74 Å². The number of carboxylic acid groups (broad SMARTS) is 2. The van der Waals surface area contributed by atoms with Gasteiger partial charge in [0.1, 0.15) is 12.4 Å². The zero-order chi connectivity index (χ0) is 17.9. The molecule has 1 aliphatic heterocycles. The van der Waals surface area contributed by atoms with Gasteiger partial charge in [0, 0.05) is 11.6 Å². The number of aliphatic carboxylic acids is 2. The van der Waals surface area contributed by atoms with Crippen molar-refractivity contribution >= 4 is 39.5 Å². The molecule has 0 aliphatic carbocycles. The number of hydrogen-bond donors (Lipinski definition) is 2. The zero-order valence-corrected chi connectivity index (χ0v) is 15.6. The highest BCUT2D eigenvalue weighted by atomic mass is 79.9. The summed E-state index contributed by atoms with van der Waals surface area (Å²) in [5, 5.41) is 15.5. The highest BCUT2D eigenvalue weighted by Crippen LogP contribution is 2.27. The Morgan fingerprint density at radius 2 is 1.71 bits per heavy atom. The third-order valence-electron chi connectivity index (χ3n) is 3.44. The molecule has 0 unspecified atom stereocenters. The van der Waals surface area contributed by atoms with Gasteiger partial charge >= 0.3 is 11.9 Å². The van der Waals surface area contributed by atoms with Crippen LogP contribution in [0.15, 0.2) is 22.7 Å². The van der Waals surface area contributed by atoms with Crippen molar-refractivity contribution in [1.29, 1.82) is 0 Å². The molecule has 24 heavy (non-hydrogen) atoms. The van der Waals surface area contributed by atoms with E-state index in [1.807, 2.05) is 18.2 Å². The van der Waals surface area contributed by atoms with Crippen molar-refractivity contribution in [2.75, 3.05) is 26.2 Å². The van der Waals surface area contributed by atoms with E-state index in [0.29, 0.717) is 0 Å². The highest BCUT2D eigenvalue weighted by Gasteiger charge is 2.09. The molecule has 1 aromatic carbocycles. The van der Waals surface area contributed by atoms with Gasteiger partial charge in [0.25, 0.3) is 0 Å². The number of nitrogens with zero attached hydrogens (tertiary/aromatic N) is 1. The molecule has 2 rings (SSSR count). The van der Waals surface area contributed by atoms with Crippen LogP contribution in [0.3, 0.4) is 0 Å². The Hall–Kier alpha value is -1.31. The number of halogens is 2. The van der Waals surface area contributed by atoms with Crippen molar-refractivity contribution in [2.24, 2.45) is 0 Å². The monoisotopic (exact) mass is 421 g/mol. The van der Waals surface area contributed by atoms with Gasteiger partial charge in [-0.2, -0.15) is 0 Å². The summed E-state index contributed by atoms with van der Waals surface area (Å²) in [5.74, 6) is -2.78. The maximum absolute atomic E-state index is 9.10. The van der Waals surface area contributed by atoms with Crippen molar-refractivity contribution in [3.63, 3.8) is 0 Å².